The molecule has 180 valence electrons. The second-order valence-electron chi connectivity index (χ2n) is 13.0. The number of rotatable bonds is 1. The van der Waals surface area contributed by atoms with Crippen LogP contribution in [0.5, 0.6) is 0 Å². The van der Waals surface area contributed by atoms with Crippen molar-refractivity contribution < 1.29 is 9.59 Å². The van der Waals surface area contributed by atoms with Gasteiger partial charge in [0.05, 0.1) is 5.54 Å². The number of Topliss-reactive ketones (excluding diaryl/α,β-unsaturated/α-hetero) is 2. The molecule has 2 aliphatic heterocycles. The lowest BCUT2D eigenvalue weighted by Crippen LogP contribution is -2.43. The summed E-state index contributed by atoms with van der Waals surface area (Å²) in [6.07, 6.45) is 5.01. The van der Waals surface area contributed by atoms with Crippen LogP contribution >= 0.6 is 0 Å². The molecule has 0 fully saturated rings. The third-order valence-corrected chi connectivity index (χ3v) is 8.29. The van der Waals surface area contributed by atoms with Gasteiger partial charge in [0.15, 0.2) is 11.6 Å². The summed E-state index contributed by atoms with van der Waals surface area (Å²) in [6, 6.07) is 6.56. The number of carbonyl (C=O) groups is 2. The SMILES string of the molecule is CC1=CC(C)(C)N(C)c2ccc(C3C4=C(CC(C)(C)CC4=O)NC4=C3C(=O)CC(C)(C)C4)cc21. The number of anilines is 1. The average Bonchev–Trinajstić information content (AvgIpc) is 2.68. The fraction of sp³-hybridized carbons (Fsp3) is 0.533. The van der Waals surface area contributed by atoms with E-state index in [2.05, 4.69) is 90.0 Å². The molecule has 5 rings (SSSR count). The van der Waals surface area contributed by atoms with Crippen LogP contribution in [0.1, 0.15) is 91.2 Å². The van der Waals surface area contributed by atoms with E-state index < -0.39 is 0 Å². The molecule has 0 saturated heterocycles. The number of fused-ring (bicyclic) bond motifs is 1. The number of allylic oxidation sites excluding steroid dienone is 5. The Morgan fingerprint density at radius 3 is 1.91 bits per heavy atom. The van der Waals surface area contributed by atoms with Gasteiger partial charge in [-0.05, 0) is 67.7 Å². The Labute approximate surface area is 204 Å². The molecular formula is C30H38N2O2. The predicted molar refractivity (Wildman–Crippen MR) is 139 cm³/mol. The topological polar surface area (TPSA) is 49.4 Å². The first-order chi connectivity index (χ1) is 15.7. The minimum absolute atomic E-state index is 0.0609. The van der Waals surface area contributed by atoms with Crippen LogP contribution in [0.4, 0.5) is 5.69 Å². The first kappa shape index (κ1) is 23.1. The molecule has 2 heterocycles. The molecule has 0 saturated carbocycles. The maximum atomic E-state index is 13.6. The number of likely N-dealkylation sites (N-methyl/N-ethyl adjacent to an activating group) is 1. The van der Waals surface area contributed by atoms with E-state index in [1.165, 1.54) is 16.8 Å². The molecule has 1 N–H and O–H groups in total. The number of dihydropyridines is 1. The van der Waals surface area contributed by atoms with E-state index in [1.807, 2.05) is 0 Å². The molecule has 1 aromatic carbocycles. The molecule has 1 aromatic rings. The van der Waals surface area contributed by atoms with Crippen LogP contribution in [0, 0.1) is 10.8 Å². The highest BCUT2D eigenvalue weighted by Gasteiger charge is 2.46. The molecule has 0 radical (unpaired) electrons. The zero-order valence-corrected chi connectivity index (χ0v) is 22.0. The standard InChI is InChI=1S/C30H38N2O2/c1-17-12-30(6,7)32(8)22-10-9-18(11-19(17)22)25-26-20(13-28(2,3)15-23(26)33)31-21-14-29(4,5)16-24(34)27(21)25/h9-12,25,31H,13-16H2,1-8H3. The van der Waals surface area contributed by atoms with Crippen LogP contribution in [-0.4, -0.2) is 24.2 Å². The van der Waals surface area contributed by atoms with E-state index in [1.54, 1.807) is 0 Å². The van der Waals surface area contributed by atoms with Gasteiger partial charge >= 0.3 is 0 Å². The summed E-state index contributed by atoms with van der Waals surface area (Å²) in [5.74, 6) is 0.0733. The van der Waals surface area contributed by atoms with Gasteiger partial charge in [-0.2, -0.15) is 0 Å². The van der Waals surface area contributed by atoms with E-state index in [0.29, 0.717) is 12.8 Å². The molecule has 2 aliphatic carbocycles. The second-order valence-corrected chi connectivity index (χ2v) is 13.0. The van der Waals surface area contributed by atoms with E-state index >= 15 is 0 Å². The second kappa shape index (κ2) is 7.19. The van der Waals surface area contributed by atoms with Crippen molar-refractivity contribution in [2.75, 3.05) is 11.9 Å². The summed E-state index contributed by atoms with van der Waals surface area (Å²) in [4.78, 5) is 29.5. The highest BCUT2D eigenvalue weighted by atomic mass is 16.1. The Balaban J connectivity index is 1.71. The highest BCUT2D eigenvalue weighted by Crippen LogP contribution is 2.52. The summed E-state index contributed by atoms with van der Waals surface area (Å²) < 4.78 is 0. The molecule has 4 nitrogen and oxygen atoms in total. The third kappa shape index (κ3) is 3.57. The normalized spacial score (nSPS) is 25.4. The van der Waals surface area contributed by atoms with E-state index in [4.69, 9.17) is 0 Å². The fourth-order valence-electron chi connectivity index (χ4n) is 6.58. The van der Waals surface area contributed by atoms with Gasteiger partial charge in [0.25, 0.3) is 0 Å². The zero-order chi connectivity index (χ0) is 24.8. The number of ketones is 2. The lowest BCUT2D eigenvalue weighted by atomic mass is 9.64. The Morgan fingerprint density at radius 2 is 1.38 bits per heavy atom. The van der Waals surface area contributed by atoms with Crippen molar-refractivity contribution in [1.82, 2.24) is 5.32 Å². The smallest absolute Gasteiger partial charge is 0.162 e. The zero-order valence-electron chi connectivity index (χ0n) is 22.0. The first-order valence-electron chi connectivity index (χ1n) is 12.6. The monoisotopic (exact) mass is 458 g/mol. The number of nitrogens with zero attached hydrogens (tertiary/aromatic N) is 1. The van der Waals surface area contributed by atoms with Gasteiger partial charge in [-0.3, -0.25) is 9.59 Å². The lowest BCUT2D eigenvalue weighted by molar-refractivity contribution is -0.119. The van der Waals surface area contributed by atoms with Crippen LogP contribution in [0.25, 0.3) is 5.57 Å². The largest absolute Gasteiger partial charge is 0.366 e. The van der Waals surface area contributed by atoms with Crippen LogP contribution in [0.3, 0.4) is 0 Å². The van der Waals surface area contributed by atoms with Gasteiger partial charge in [0.1, 0.15) is 0 Å². The molecule has 0 amide bonds. The van der Waals surface area contributed by atoms with Crippen molar-refractivity contribution in [3.63, 3.8) is 0 Å². The van der Waals surface area contributed by atoms with Crippen LogP contribution in [0.15, 0.2) is 46.8 Å². The number of benzene rings is 1. The summed E-state index contributed by atoms with van der Waals surface area (Å²) in [6.45, 7) is 15.3. The van der Waals surface area contributed by atoms with Crippen molar-refractivity contribution in [2.24, 2.45) is 10.8 Å². The van der Waals surface area contributed by atoms with Crippen LogP contribution < -0.4 is 10.2 Å². The quantitative estimate of drug-likeness (QED) is 0.537. The minimum atomic E-state index is -0.281. The predicted octanol–water partition coefficient (Wildman–Crippen LogP) is 6.29. The Hall–Kier alpha value is -2.62. The molecule has 0 bridgehead atoms. The molecule has 0 atom stereocenters. The molecule has 0 spiro atoms. The van der Waals surface area contributed by atoms with Crippen LogP contribution in [0.2, 0.25) is 0 Å². The fourth-order valence-corrected chi connectivity index (χ4v) is 6.58. The summed E-state index contributed by atoms with van der Waals surface area (Å²) in [5.41, 5.74) is 8.15. The van der Waals surface area contributed by atoms with Crippen molar-refractivity contribution in [3.8, 4) is 0 Å². The van der Waals surface area contributed by atoms with Gasteiger partial charge in [-0.25, -0.2) is 0 Å². The van der Waals surface area contributed by atoms with Crippen LogP contribution in [-0.2, 0) is 9.59 Å². The molecule has 0 aromatic heterocycles. The Morgan fingerprint density at radius 1 is 0.853 bits per heavy atom. The maximum absolute atomic E-state index is 13.6. The van der Waals surface area contributed by atoms with E-state index in [-0.39, 0.29) is 33.9 Å². The van der Waals surface area contributed by atoms with Gasteiger partial charge in [0, 0.05) is 59.6 Å². The minimum Gasteiger partial charge on any atom is -0.366 e. The van der Waals surface area contributed by atoms with Crippen molar-refractivity contribution in [3.05, 3.63) is 57.9 Å². The Bertz CT molecular complexity index is 1170. The average molecular weight is 459 g/mol. The van der Waals surface area contributed by atoms with Gasteiger partial charge in [-0.15, -0.1) is 0 Å². The summed E-state index contributed by atoms with van der Waals surface area (Å²) in [5, 5.41) is 3.62. The number of hydrogen-bond acceptors (Lipinski definition) is 4. The molecular weight excluding hydrogens is 420 g/mol. The molecule has 0 unspecified atom stereocenters. The number of hydrogen-bond donors (Lipinski definition) is 1. The van der Waals surface area contributed by atoms with Gasteiger partial charge in [0.2, 0.25) is 0 Å². The molecule has 4 heteroatoms. The number of nitrogens with one attached hydrogen (secondary N) is 1. The van der Waals surface area contributed by atoms with Crippen molar-refractivity contribution in [2.45, 2.75) is 85.6 Å². The highest BCUT2D eigenvalue weighted by molar-refractivity contribution is 6.07. The van der Waals surface area contributed by atoms with E-state index in [9.17, 15) is 9.59 Å². The van der Waals surface area contributed by atoms with Crippen molar-refractivity contribution >= 4 is 22.8 Å². The summed E-state index contributed by atoms with van der Waals surface area (Å²) in [7, 11) is 2.13. The molecule has 4 aliphatic rings. The Kier molecular flexibility index (Phi) is 4.89. The maximum Gasteiger partial charge on any atom is 0.162 e. The third-order valence-electron chi connectivity index (χ3n) is 8.29. The van der Waals surface area contributed by atoms with Crippen molar-refractivity contribution in [1.29, 1.82) is 0 Å². The van der Waals surface area contributed by atoms with E-state index in [0.717, 1.165) is 40.9 Å². The summed E-state index contributed by atoms with van der Waals surface area (Å²) >= 11 is 0. The molecule has 34 heavy (non-hydrogen) atoms. The number of carbonyl (C=O) groups excluding carboxylic acids is 2. The lowest BCUT2D eigenvalue weighted by Gasteiger charge is -2.44. The van der Waals surface area contributed by atoms with Gasteiger partial charge in [-0.1, -0.05) is 39.8 Å². The first-order valence-corrected chi connectivity index (χ1v) is 12.6. The van der Waals surface area contributed by atoms with Gasteiger partial charge < -0.3 is 10.2 Å².